The van der Waals surface area contributed by atoms with Crippen LogP contribution in [0.4, 0.5) is 5.69 Å². The summed E-state index contributed by atoms with van der Waals surface area (Å²) in [5.74, 6) is 0.468. The van der Waals surface area contributed by atoms with E-state index in [4.69, 9.17) is 4.99 Å². The number of pyridine rings is 1. The molecule has 2 heteroatoms. The van der Waals surface area contributed by atoms with Crippen LogP contribution in [-0.4, -0.2) is 10.7 Å². The molecule has 0 bridgehead atoms. The molecule has 2 nitrogen and oxygen atoms in total. The van der Waals surface area contributed by atoms with E-state index < -0.39 is 0 Å². The molecule has 0 spiro atoms. The zero-order chi connectivity index (χ0) is 13.8. The molecule has 19 heavy (non-hydrogen) atoms. The first kappa shape index (κ1) is 13.5. The van der Waals surface area contributed by atoms with Gasteiger partial charge in [-0.2, -0.15) is 0 Å². The molecule has 0 atom stereocenters. The van der Waals surface area contributed by atoms with Gasteiger partial charge in [0.1, 0.15) is 0 Å². The molecule has 0 aliphatic heterocycles. The molecule has 0 radical (unpaired) electrons. The quantitative estimate of drug-likeness (QED) is 0.730. The Labute approximate surface area is 115 Å². The van der Waals surface area contributed by atoms with Crippen molar-refractivity contribution in [3.8, 4) is 0 Å². The molecule has 2 rings (SSSR count). The molecule has 1 heterocycles. The number of hydrogen-bond donors (Lipinski definition) is 0. The Morgan fingerprint density at radius 3 is 2.53 bits per heavy atom. The predicted octanol–water partition coefficient (Wildman–Crippen LogP) is 4.65. The molecular formula is C17H20N2. The van der Waals surface area contributed by atoms with Crippen molar-refractivity contribution >= 4 is 11.4 Å². The fourth-order valence-electron chi connectivity index (χ4n) is 2.10. The lowest BCUT2D eigenvalue weighted by Gasteiger charge is -2.12. The SMILES string of the molecule is CC(=Nc1c(C)cccc1C(C)C)c1ccccn1. The second-order valence-corrected chi connectivity index (χ2v) is 5.08. The Kier molecular flexibility index (Phi) is 4.10. The summed E-state index contributed by atoms with van der Waals surface area (Å²) in [5.41, 5.74) is 5.47. The fraction of sp³-hybridized carbons (Fsp3) is 0.294. The lowest BCUT2D eigenvalue weighted by atomic mass is 9.98. The first-order valence-corrected chi connectivity index (χ1v) is 6.66. The van der Waals surface area contributed by atoms with Crippen LogP contribution >= 0.6 is 0 Å². The van der Waals surface area contributed by atoms with Crippen LogP contribution in [0.5, 0.6) is 0 Å². The number of aromatic nitrogens is 1. The van der Waals surface area contributed by atoms with E-state index >= 15 is 0 Å². The second kappa shape index (κ2) is 5.79. The summed E-state index contributed by atoms with van der Waals surface area (Å²) in [6.07, 6.45) is 1.80. The lowest BCUT2D eigenvalue weighted by Crippen LogP contribution is -1.99. The van der Waals surface area contributed by atoms with Gasteiger partial charge in [0.15, 0.2) is 0 Å². The van der Waals surface area contributed by atoms with Gasteiger partial charge in [-0.3, -0.25) is 9.98 Å². The van der Waals surface area contributed by atoms with Crippen molar-refractivity contribution in [2.24, 2.45) is 4.99 Å². The molecule has 0 aliphatic rings. The van der Waals surface area contributed by atoms with Crippen LogP contribution in [0.2, 0.25) is 0 Å². The number of hydrogen-bond acceptors (Lipinski definition) is 2. The molecule has 1 aromatic heterocycles. The predicted molar refractivity (Wildman–Crippen MR) is 81.4 cm³/mol. The topological polar surface area (TPSA) is 25.2 Å². The molecule has 0 aliphatic carbocycles. The molecule has 0 unspecified atom stereocenters. The minimum atomic E-state index is 0.468. The largest absolute Gasteiger partial charge is 0.255 e. The van der Waals surface area contributed by atoms with Crippen molar-refractivity contribution in [3.63, 3.8) is 0 Å². The number of para-hydroxylation sites is 1. The van der Waals surface area contributed by atoms with Gasteiger partial charge in [0.2, 0.25) is 0 Å². The van der Waals surface area contributed by atoms with Gasteiger partial charge in [-0.1, -0.05) is 38.1 Å². The Hall–Kier alpha value is -1.96. The van der Waals surface area contributed by atoms with Crippen LogP contribution < -0.4 is 0 Å². The van der Waals surface area contributed by atoms with Crippen molar-refractivity contribution < 1.29 is 0 Å². The van der Waals surface area contributed by atoms with Gasteiger partial charge in [0.25, 0.3) is 0 Å². The Bertz CT molecular complexity index is 583. The highest BCUT2D eigenvalue weighted by Crippen LogP contribution is 2.30. The summed E-state index contributed by atoms with van der Waals surface area (Å²) >= 11 is 0. The van der Waals surface area contributed by atoms with Crippen molar-refractivity contribution in [3.05, 3.63) is 59.4 Å². The number of aliphatic imine (C=N–C) groups is 1. The molecule has 1 aromatic carbocycles. The maximum Gasteiger partial charge on any atom is 0.0841 e. The van der Waals surface area contributed by atoms with Crippen LogP contribution in [0.15, 0.2) is 47.6 Å². The van der Waals surface area contributed by atoms with E-state index in [1.807, 2.05) is 25.1 Å². The summed E-state index contributed by atoms with van der Waals surface area (Å²) in [4.78, 5) is 9.15. The van der Waals surface area contributed by atoms with E-state index in [0.29, 0.717) is 5.92 Å². The van der Waals surface area contributed by atoms with E-state index in [9.17, 15) is 0 Å². The summed E-state index contributed by atoms with van der Waals surface area (Å²) in [6.45, 7) is 8.52. The van der Waals surface area contributed by atoms with Crippen LogP contribution in [0.3, 0.4) is 0 Å². The van der Waals surface area contributed by atoms with Gasteiger partial charge in [0, 0.05) is 6.20 Å². The second-order valence-electron chi connectivity index (χ2n) is 5.08. The van der Waals surface area contributed by atoms with Gasteiger partial charge in [0.05, 0.1) is 17.1 Å². The van der Waals surface area contributed by atoms with Crippen LogP contribution in [0.1, 0.15) is 43.5 Å². The van der Waals surface area contributed by atoms with Gasteiger partial charge in [-0.25, -0.2) is 0 Å². The monoisotopic (exact) mass is 252 g/mol. The third-order valence-corrected chi connectivity index (χ3v) is 3.21. The zero-order valence-corrected chi connectivity index (χ0v) is 12.0. The van der Waals surface area contributed by atoms with E-state index in [1.165, 1.54) is 11.1 Å². The Morgan fingerprint density at radius 1 is 1.11 bits per heavy atom. The van der Waals surface area contributed by atoms with Crippen LogP contribution in [-0.2, 0) is 0 Å². The van der Waals surface area contributed by atoms with Gasteiger partial charge in [-0.15, -0.1) is 0 Å². The van der Waals surface area contributed by atoms with Crippen molar-refractivity contribution in [1.29, 1.82) is 0 Å². The average molecular weight is 252 g/mol. The fourth-order valence-corrected chi connectivity index (χ4v) is 2.10. The minimum absolute atomic E-state index is 0.468. The summed E-state index contributed by atoms with van der Waals surface area (Å²) < 4.78 is 0. The van der Waals surface area contributed by atoms with Crippen LogP contribution in [0.25, 0.3) is 0 Å². The summed E-state index contributed by atoms with van der Waals surface area (Å²) in [5, 5.41) is 0. The molecule has 0 fully saturated rings. The Balaban J connectivity index is 2.48. The van der Waals surface area contributed by atoms with E-state index in [-0.39, 0.29) is 0 Å². The first-order chi connectivity index (χ1) is 9.09. The molecule has 0 saturated heterocycles. The molecule has 0 amide bonds. The lowest BCUT2D eigenvalue weighted by molar-refractivity contribution is 0.865. The standard InChI is InChI=1S/C17H20N2/c1-12(2)15-9-7-8-13(3)17(15)19-14(4)16-10-5-6-11-18-16/h5-12H,1-4H3. The number of nitrogens with zero attached hydrogens (tertiary/aromatic N) is 2. The highest BCUT2D eigenvalue weighted by atomic mass is 14.8. The van der Waals surface area contributed by atoms with Crippen molar-refractivity contribution in [2.45, 2.75) is 33.6 Å². The van der Waals surface area contributed by atoms with E-state index in [1.54, 1.807) is 6.20 Å². The molecule has 2 aromatic rings. The molecule has 98 valence electrons. The minimum Gasteiger partial charge on any atom is -0.255 e. The van der Waals surface area contributed by atoms with E-state index in [2.05, 4.69) is 44.0 Å². The smallest absolute Gasteiger partial charge is 0.0841 e. The summed E-state index contributed by atoms with van der Waals surface area (Å²) in [7, 11) is 0. The third kappa shape index (κ3) is 3.08. The maximum absolute atomic E-state index is 4.80. The number of aryl methyl sites for hydroxylation is 1. The number of benzene rings is 1. The Morgan fingerprint density at radius 2 is 1.89 bits per heavy atom. The highest BCUT2D eigenvalue weighted by molar-refractivity contribution is 5.98. The summed E-state index contributed by atoms with van der Waals surface area (Å²) in [6, 6.07) is 12.3. The molecule has 0 saturated carbocycles. The van der Waals surface area contributed by atoms with Crippen molar-refractivity contribution in [2.75, 3.05) is 0 Å². The normalized spacial score (nSPS) is 11.9. The first-order valence-electron chi connectivity index (χ1n) is 6.66. The van der Waals surface area contributed by atoms with Gasteiger partial charge >= 0.3 is 0 Å². The third-order valence-electron chi connectivity index (χ3n) is 3.21. The average Bonchev–Trinajstić information content (AvgIpc) is 2.41. The highest BCUT2D eigenvalue weighted by Gasteiger charge is 2.09. The zero-order valence-electron chi connectivity index (χ0n) is 12.0. The van der Waals surface area contributed by atoms with Crippen LogP contribution in [0, 0.1) is 6.92 Å². The maximum atomic E-state index is 4.80. The van der Waals surface area contributed by atoms with Crippen molar-refractivity contribution in [1.82, 2.24) is 4.98 Å². The van der Waals surface area contributed by atoms with Gasteiger partial charge in [-0.05, 0) is 43.0 Å². The number of rotatable bonds is 3. The van der Waals surface area contributed by atoms with E-state index in [0.717, 1.165) is 17.1 Å². The molecule has 0 N–H and O–H groups in total. The molecular weight excluding hydrogens is 232 g/mol. The van der Waals surface area contributed by atoms with Gasteiger partial charge < -0.3 is 0 Å².